The molecule has 0 spiro atoms. The average Bonchev–Trinajstić information content (AvgIpc) is 3.09. The molecule has 2 aromatic heterocycles. The van der Waals surface area contributed by atoms with Gasteiger partial charge in [-0.05, 0) is 47.5 Å². The van der Waals surface area contributed by atoms with Gasteiger partial charge in [-0.2, -0.15) is 0 Å². The van der Waals surface area contributed by atoms with Gasteiger partial charge in [-0.1, -0.05) is 34.1 Å². The van der Waals surface area contributed by atoms with Crippen LogP contribution in [0.3, 0.4) is 0 Å². The molecule has 0 unspecified atom stereocenters. The molecule has 0 bridgehead atoms. The van der Waals surface area contributed by atoms with Crippen LogP contribution in [-0.4, -0.2) is 10.9 Å². The molecule has 3 nitrogen and oxygen atoms in total. The van der Waals surface area contributed by atoms with Crippen LogP contribution in [0.4, 0.5) is 0 Å². The molecule has 0 radical (unpaired) electrons. The molecule has 0 saturated carbocycles. The fourth-order valence-electron chi connectivity index (χ4n) is 2.12. The van der Waals surface area contributed by atoms with E-state index in [1.165, 1.54) is 10.4 Å². The Bertz CT molecular complexity index is 841. The molecule has 0 fully saturated rings. The molecule has 1 N–H and O–H groups in total. The van der Waals surface area contributed by atoms with E-state index < -0.39 is 0 Å². The van der Waals surface area contributed by atoms with Crippen LogP contribution in [-0.2, 0) is 11.3 Å². The Morgan fingerprint density at radius 2 is 2.00 bits per heavy atom. The predicted molar refractivity (Wildman–Crippen MR) is 103 cm³/mol. The molecule has 0 aliphatic heterocycles. The van der Waals surface area contributed by atoms with Crippen molar-refractivity contribution in [1.29, 1.82) is 0 Å². The number of rotatable bonds is 5. The van der Waals surface area contributed by atoms with Crippen LogP contribution in [0.1, 0.15) is 10.4 Å². The van der Waals surface area contributed by atoms with Crippen molar-refractivity contribution in [3.05, 3.63) is 81.9 Å². The van der Waals surface area contributed by atoms with Gasteiger partial charge in [-0.25, -0.2) is 0 Å². The summed E-state index contributed by atoms with van der Waals surface area (Å²) in [7, 11) is 0. The van der Waals surface area contributed by atoms with Gasteiger partial charge in [0.05, 0.1) is 0 Å². The van der Waals surface area contributed by atoms with Gasteiger partial charge in [-0.3, -0.25) is 9.78 Å². The first-order valence-corrected chi connectivity index (χ1v) is 9.02. The minimum atomic E-state index is -0.113. The van der Waals surface area contributed by atoms with Crippen molar-refractivity contribution in [3.63, 3.8) is 0 Å². The summed E-state index contributed by atoms with van der Waals surface area (Å²) >= 11 is 5.10. The van der Waals surface area contributed by atoms with Crippen molar-refractivity contribution in [2.45, 2.75) is 6.54 Å². The standard InChI is InChI=1S/C19H15BrN2OS/c20-16-5-3-15(4-6-16)18-9-7-17(24-18)8-10-19(23)22-13-14-2-1-11-21-12-14/h1-12H,13H2,(H,22,23)/b10-8+. The Morgan fingerprint density at radius 3 is 2.75 bits per heavy atom. The monoisotopic (exact) mass is 398 g/mol. The maximum absolute atomic E-state index is 11.9. The number of nitrogens with zero attached hydrogens (tertiary/aromatic N) is 1. The maximum Gasteiger partial charge on any atom is 0.244 e. The van der Waals surface area contributed by atoms with Crippen molar-refractivity contribution in [2.24, 2.45) is 0 Å². The van der Waals surface area contributed by atoms with Crippen LogP contribution in [0.25, 0.3) is 16.5 Å². The second kappa shape index (κ2) is 8.04. The van der Waals surface area contributed by atoms with Gasteiger partial charge in [0.2, 0.25) is 5.91 Å². The van der Waals surface area contributed by atoms with E-state index in [2.05, 4.69) is 44.4 Å². The van der Waals surface area contributed by atoms with E-state index in [-0.39, 0.29) is 5.91 Å². The molecule has 0 aliphatic rings. The highest BCUT2D eigenvalue weighted by Gasteiger charge is 2.02. The van der Waals surface area contributed by atoms with Crippen molar-refractivity contribution >= 4 is 39.2 Å². The Balaban J connectivity index is 1.58. The second-order valence-electron chi connectivity index (χ2n) is 5.12. The summed E-state index contributed by atoms with van der Waals surface area (Å²) in [4.78, 5) is 18.1. The third kappa shape index (κ3) is 4.63. The molecule has 2 heterocycles. The van der Waals surface area contributed by atoms with Gasteiger partial charge in [0.15, 0.2) is 0 Å². The third-order valence-corrected chi connectivity index (χ3v) is 4.97. The highest BCUT2D eigenvalue weighted by atomic mass is 79.9. The van der Waals surface area contributed by atoms with E-state index in [0.717, 1.165) is 14.9 Å². The molecule has 1 aromatic carbocycles. The summed E-state index contributed by atoms with van der Waals surface area (Å²) < 4.78 is 1.06. The SMILES string of the molecule is O=C(/C=C/c1ccc(-c2ccc(Br)cc2)s1)NCc1cccnc1. The molecule has 120 valence electrons. The van der Waals surface area contributed by atoms with Gasteiger partial charge in [0.1, 0.15) is 0 Å². The molecule has 0 aliphatic carbocycles. The zero-order chi connectivity index (χ0) is 16.8. The van der Waals surface area contributed by atoms with Gasteiger partial charge < -0.3 is 5.32 Å². The van der Waals surface area contributed by atoms with E-state index in [9.17, 15) is 4.79 Å². The number of amides is 1. The largest absolute Gasteiger partial charge is 0.348 e. The molecular weight excluding hydrogens is 384 g/mol. The number of carbonyl (C=O) groups excluding carboxylic acids is 1. The molecule has 0 saturated heterocycles. The van der Waals surface area contributed by atoms with Crippen LogP contribution < -0.4 is 5.32 Å². The summed E-state index contributed by atoms with van der Waals surface area (Å²) in [6.45, 7) is 0.478. The molecule has 0 atom stereocenters. The first-order valence-electron chi connectivity index (χ1n) is 7.41. The van der Waals surface area contributed by atoms with Crippen LogP contribution in [0.5, 0.6) is 0 Å². The van der Waals surface area contributed by atoms with E-state index in [1.54, 1.807) is 29.8 Å². The lowest BCUT2D eigenvalue weighted by atomic mass is 10.2. The fourth-order valence-corrected chi connectivity index (χ4v) is 3.30. The molecular formula is C19H15BrN2OS. The van der Waals surface area contributed by atoms with Crippen molar-refractivity contribution in [2.75, 3.05) is 0 Å². The summed E-state index contributed by atoms with van der Waals surface area (Å²) in [5.74, 6) is -0.113. The predicted octanol–water partition coefficient (Wildman–Crippen LogP) is 4.90. The number of benzene rings is 1. The Hall–Kier alpha value is -2.24. The highest BCUT2D eigenvalue weighted by molar-refractivity contribution is 9.10. The highest BCUT2D eigenvalue weighted by Crippen LogP contribution is 2.29. The zero-order valence-electron chi connectivity index (χ0n) is 12.8. The maximum atomic E-state index is 11.9. The van der Waals surface area contributed by atoms with Gasteiger partial charge in [-0.15, -0.1) is 11.3 Å². The van der Waals surface area contributed by atoms with Gasteiger partial charge >= 0.3 is 0 Å². The lowest BCUT2D eigenvalue weighted by molar-refractivity contribution is -0.116. The summed E-state index contributed by atoms with van der Waals surface area (Å²) in [5.41, 5.74) is 2.15. The van der Waals surface area contributed by atoms with Crippen molar-refractivity contribution in [3.8, 4) is 10.4 Å². The Morgan fingerprint density at radius 1 is 1.17 bits per heavy atom. The number of aromatic nitrogens is 1. The third-order valence-electron chi connectivity index (χ3n) is 3.34. The molecule has 3 rings (SSSR count). The van der Waals surface area contributed by atoms with Crippen molar-refractivity contribution < 1.29 is 4.79 Å². The van der Waals surface area contributed by atoms with Crippen LogP contribution in [0.2, 0.25) is 0 Å². The normalized spacial score (nSPS) is 10.9. The number of hydrogen-bond acceptors (Lipinski definition) is 3. The van der Waals surface area contributed by atoms with Crippen LogP contribution >= 0.6 is 27.3 Å². The zero-order valence-corrected chi connectivity index (χ0v) is 15.2. The fraction of sp³-hybridized carbons (Fsp3) is 0.0526. The minimum absolute atomic E-state index is 0.113. The molecule has 3 aromatic rings. The Kier molecular flexibility index (Phi) is 5.56. The quantitative estimate of drug-likeness (QED) is 0.620. The van der Waals surface area contributed by atoms with E-state index in [4.69, 9.17) is 0 Å². The van der Waals surface area contributed by atoms with Gasteiger partial charge in [0, 0.05) is 39.2 Å². The summed E-state index contributed by atoms with van der Waals surface area (Å²) in [6.07, 6.45) is 6.86. The average molecular weight is 399 g/mol. The molecule has 5 heteroatoms. The lowest BCUT2D eigenvalue weighted by Crippen LogP contribution is -2.20. The second-order valence-corrected chi connectivity index (χ2v) is 7.15. The first kappa shape index (κ1) is 16.6. The smallest absolute Gasteiger partial charge is 0.244 e. The number of pyridine rings is 1. The number of nitrogens with one attached hydrogen (secondary N) is 1. The van der Waals surface area contributed by atoms with Crippen LogP contribution in [0, 0.1) is 0 Å². The van der Waals surface area contributed by atoms with Crippen LogP contribution in [0.15, 0.2) is 71.5 Å². The summed E-state index contributed by atoms with van der Waals surface area (Å²) in [5, 5.41) is 2.85. The van der Waals surface area contributed by atoms with Gasteiger partial charge in [0.25, 0.3) is 0 Å². The molecule has 24 heavy (non-hydrogen) atoms. The van der Waals surface area contributed by atoms with E-state index >= 15 is 0 Å². The molecule has 1 amide bonds. The number of halogens is 1. The first-order chi connectivity index (χ1) is 11.7. The summed E-state index contributed by atoms with van der Waals surface area (Å²) in [6, 6.07) is 16.1. The number of carbonyl (C=O) groups is 1. The van der Waals surface area contributed by atoms with E-state index in [1.807, 2.05) is 36.4 Å². The lowest BCUT2D eigenvalue weighted by Gasteiger charge is -2.00. The van der Waals surface area contributed by atoms with Crippen molar-refractivity contribution in [1.82, 2.24) is 10.3 Å². The number of thiophene rings is 1. The van der Waals surface area contributed by atoms with E-state index in [0.29, 0.717) is 6.54 Å². The Labute approximate surface area is 153 Å². The topological polar surface area (TPSA) is 42.0 Å². The number of hydrogen-bond donors (Lipinski definition) is 1. The minimum Gasteiger partial charge on any atom is -0.348 e.